The number of rotatable bonds is 6. The molecular formula is C30H34F4N6O3. The molecule has 9 nitrogen and oxygen atoms in total. The Labute approximate surface area is 247 Å². The van der Waals surface area contributed by atoms with Crippen LogP contribution in [0.5, 0.6) is 0 Å². The Kier molecular flexibility index (Phi) is 8.95. The first kappa shape index (κ1) is 30.8. The van der Waals surface area contributed by atoms with E-state index in [1.54, 1.807) is 24.3 Å². The second-order valence-corrected chi connectivity index (χ2v) is 11.3. The van der Waals surface area contributed by atoms with Crippen molar-refractivity contribution in [3.63, 3.8) is 0 Å². The summed E-state index contributed by atoms with van der Waals surface area (Å²) in [6.07, 6.45) is -2.38. The molecule has 1 unspecified atom stereocenters. The normalized spacial score (nSPS) is 23.8. The Morgan fingerprint density at radius 2 is 1.81 bits per heavy atom. The van der Waals surface area contributed by atoms with Gasteiger partial charge in [0.1, 0.15) is 5.92 Å². The Morgan fingerprint density at radius 1 is 1.12 bits per heavy atom. The first-order valence-corrected chi connectivity index (χ1v) is 14.1. The Bertz CT molecular complexity index is 1430. The number of anilines is 2. The minimum Gasteiger partial charge on any atom is -0.379 e. The zero-order valence-electron chi connectivity index (χ0n) is 24.2. The fourth-order valence-corrected chi connectivity index (χ4v) is 5.64. The number of ether oxygens (including phenoxy) is 1. The van der Waals surface area contributed by atoms with Crippen LogP contribution in [0.15, 0.2) is 47.1 Å². The summed E-state index contributed by atoms with van der Waals surface area (Å²) in [6.45, 7) is 8.57. The van der Waals surface area contributed by atoms with Crippen molar-refractivity contribution in [2.45, 2.75) is 38.7 Å². The van der Waals surface area contributed by atoms with Gasteiger partial charge in [-0.3, -0.25) is 19.4 Å². The number of dihydropyridines is 1. The lowest BCUT2D eigenvalue weighted by molar-refractivity contribution is -0.124. The van der Waals surface area contributed by atoms with E-state index in [4.69, 9.17) is 4.74 Å². The second kappa shape index (κ2) is 12.5. The van der Waals surface area contributed by atoms with Gasteiger partial charge in [-0.2, -0.15) is 17.6 Å². The zero-order valence-corrected chi connectivity index (χ0v) is 24.2. The number of nitrogens with one attached hydrogen (secondary N) is 1. The summed E-state index contributed by atoms with van der Waals surface area (Å²) in [5.74, 6) is -4.62. The SMILES string of the molecule is C[C@@H]1CN(c2ccc(-c3cc(CN4CCOCC4)cnc3F)cc2NC(=O)C2C=NC(=O)C=C2C(F)(F)F)C[C@H](C)N1C. The number of benzene rings is 1. The van der Waals surface area contributed by atoms with Crippen LogP contribution < -0.4 is 10.2 Å². The average Bonchev–Trinajstić information content (AvgIpc) is 2.96. The van der Waals surface area contributed by atoms with Gasteiger partial charge in [-0.1, -0.05) is 6.07 Å². The number of amides is 2. The molecule has 13 heteroatoms. The molecule has 1 N–H and O–H groups in total. The van der Waals surface area contributed by atoms with Gasteiger partial charge in [0, 0.05) is 68.9 Å². The third-order valence-corrected chi connectivity index (χ3v) is 8.25. The van der Waals surface area contributed by atoms with E-state index in [9.17, 15) is 22.8 Å². The first-order chi connectivity index (χ1) is 20.4. The fourth-order valence-electron chi connectivity index (χ4n) is 5.64. The number of morpholine rings is 1. The van der Waals surface area contributed by atoms with Crippen molar-refractivity contribution in [2.24, 2.45) is 10.9 Å². The molecular weight excluding hydrogens is 568 g/mol. The van der Waals surface area contributed by atoms with Gasteiger partial charge in [-0.05, 0) is 50.2 Å². The van der Waals surface area contributed by atoms with Gasteiger partial charge in [0.25, 0.3) is 5.91 Å². The number of halogens is 4. The van der Waals surface area contributed by atoms with Crippen LogP contribution in [0.25, 0.3) is 11.1 Å². The molecule has 4 heterocycles. The summed E-state index contributed by atoms with van der Waals surface area (Å²) in [7, 11) is 2.02. The van der Waals surface area contributed by atoms with E-state index in [1.165, 1.54) is 6.20 Å². The van der Waals surface area contributed by atoms with Crippen LogP contribution in [0, 0.1) is 11.9 Å². The number of pyridine rings is 1. The zero-order chi connectivity index (χ0) is 30.9. The monoisotopic (exact) mass is 602 g/mol. The van der Waals surface area contributed by atoms with Crippen molar-refractivity contribution < 1.29 is 31.9 Å². The molecule has 0 saturated carbocycles. The number of carbonyl (C=O) groups is 2. The fraction of sp³-hybridized carbons (Fsp3) is 0.467. The second-order valence-electron chi connectivity index (χ2n) is 11.3. The molecule has 3 aliphatic rings. The molecule has 3 aliphatic heterocycles. The highest BCUT2D eigenvalue weighted by atomic mass is 19.4. The largest absolute Gasteiger partial charge is 0.414 e. The summed E-state index contributed by atoms with van der Waals surface area (Å²) in [4.78, 5) is 38.8. The topological polar surface area (TPSA) is 90.4 Å². The van der Waals surface area contributed by atoms with Gasteiger partial charge in [0.05, 0.1) is 30.2 Å². The highest BCUT2D eigenvalue weighted by molar-refractivity contribution is 6.11. The van der Waals surface area contributed by atoms with Crippen LogP contribution in [0.1, 0.15) is 19.4 Å². The Balaban J connectivity index is 1.51. The van der Waals surface area contributed by atoms with E-state index in [2.05, 4.69) is 43.8 Å². The number of aliphatic imine (C=N–C) groups is 1. The maximum atomic E-state index is 15.1. The molecule has 1 aromatic carbocycles. The van der Waals surface area contributed by atoms with Gasteiger partial charge < -0.3 is 15.0 Å². The standard InChI is InChI=1S/C30H34F4N6O3/c1-18-15-40(16-19(2)38(18)3)26-5-4-21(22-10-20(13-36-28(22)31)17-39-6-8-43-9-7-39)11-25(26)37-29(42)23-14-35-27(41)12-24(23)30(32,33)34/h4-5,10-14,18-19,23H,6-9,15-17H2,1-3H3,(H,37,42)/t18-,19+,23?. The van der Waals surface area contributed by atoms with Crippen LogP contribution in [-0.2, 0) is 20.9 Å². The van der Waals surface area contributed by atoms with Crippen LogP contribution >= 0.6 is 0 Å². The molecule has 1 aromatic heterocycles. The number of aromatic nitrogens is 1. The van der Waals surface area contributed by atoms with Crippen LogP contribution in [-0.4, -0.2) is 97.5 Å². The van der Waals surface area contributed by atoms with Crippen LogP contribution in [0.4, 0.5) is 28.9 Å². The molecule has 5 rings (SSSR count). The lowest BCUT2D eigenvalue weighted by atomic mass is 9.95. The van der Waals surface area contributed by atoms with Crippen molar-refractivity contribution >= 4 is 29.4 Å². The van der Waals surface area contributed by atoms with Gasteiger partial charge >= 0.3 is 6.18 Å². The molecule has 0 spiro atoms. The highest BCUT2D eigenvalue weighted by Gasteiger charge is 2.43. The predicted molar refractivity (Wildman–Crippen MR) is 154 cm³/mol. The summed E-state index contributed by atoms with van der Waals surface area (Å²) in [6, 6.07) is 7.02. The van der Waals surface area contributed by atoms with E-state index in [0.717, 1.165) is 18.7 Å². The Morgan fingerprint density at radius 3 is 2.49 bits per heavy atom. The third kappa shape index (κ3) is 6.94. The number of hydrogen-bond acceptors (Lipinski definition) is 7. The lowest BCUT2D eigenvalue weighted by Gasteiger charge is -2.44. The minimum atomic E-state index is -4.91. The molecule has 2 fully saturated rings. The molecule has 0 aliphatic carbocycles. The lowest BCUT2D eigenvalue weighted by Crippen LogP contribution is -2.55. The predicted octanol–water partition coefficient (Wildman–Crippen LogP) is 3.90. The molecule has 0 bridgehead atoms. The quantitative estimate of drug-likeness (QED) is 0.396. The number of carbonyl (C=O) groups excluding carboxylic acids is 2. The van der Waals surface area contributed by atoms with E-state index in [-0.39, 0.29) is 23.3 Å². The van der Waals surface area contributed by atoms with Crippen LogP contribution in [0.2, 0.25) is 0 Å². The van der Waals surface area contributed by atoms with Crippen LogP contribution in [0.3, 0.4) is 0 Å². The van der Waals surface area contributed by atoms with E-state index < -0.39 is 35.4 Å². The third-order valence-electron chi connectivity index (χ3n) is 8.25. The minimum absolute atomic E-state index is 0.154. The summed E-state index contributed by atoms with van der Waals surface area (Å²) < 4.78 is 61.8. The highest BCUT2D eigenvalue weighted by Crippen LogP contribution is 2.37. The smallest absolute Gasteiger partial charge is 0.379 e. The molecule has 0 radical (unpaired) electrons. The summed E-state index contributed by atoms with van der Waals surface area (Å²) in [5.41, 5.74) is 0.906. The van der Waals surface area contributed by atoms with Crippen molar-refractivity contribution in [2.75, 3.05) is 56.7 Å². The summed E-state index contributed by atoms with van der Waals surface area (Å²) >= 11 is 0. The van der Waals surface area contributed by atoms with E-state index >= 15 is 4.39 Å². The molecule has 2 aromatic rings. The molecule has 2 amide bonds. The molecule has 3 atom stereocenters. The average molecular weight is 603 g/mol. The van der Waals surface area contributed by atoms with Crippen molar-refractivity contribution in [3.05, 3.63) is 53.6 Å². The van der Waals surface area contributed by atoms with Crippen molar-refractivity contribution in [1.29, 1.82) is 0 Å². The number of alkyl halides is 3. The maximum absolute atomic E-state index is 15.1. The number of nitrogens with zero attached hydrogens (tertiary/aromatic N) is 5. The molecule has 230 valence electrons. The Hall–Kier alpha value is -3.68. The maximum Gasteiger partial charge on any atom is 0.414 e. The van der Waals surface area contributed by atoms with Gasteiger partial charge in [0.2, 0.25) is 11.9 Å². The summed E-state index contributed by atoms with van der Waals surface area (Å²) in [5, 5.41) is 2.64. The van der Waals surface area contributed by atoms with Gasteiger partial charge in [0.15, 0.2) is 0 Å². The van der Waals surface area contributed by atoms with Gasteiger partial charge in [-0.15, -0.1) is 0 Å². The molecule has 43 heavy (non-hydrogen) atoms. The van der Waals surface area contributed by atoms with Gasteiger partial charge in [-0.25, -0.2) is 9.98 Å². The molecule has 2 saturated heterocycles. The van der Waals surface area contributed by atoms with E-state index in [0.29, 0.717) is 56.4 Å². The number of likely N-dealkylation sites (N-methyl/N-ethyl adjacent to an activating group) is 1. The number of piperazine rings is 1. The van der Waals surface area contributed by atoms with E-state index in [1.807, 2.05) is 7.05 Å². The van der Waals surface area contributed by atoms with Crippen molar-refractivity contribution in [3.8, 4) is 11.1 Å². The number of hydrogen-bond donors (Lipinski definition) is 1. The first-order valence-electron chi connectivity index (χ1n) is 14.1. The van der Waals surface area contributed by atoms with Crippen molar-refractivity contribution in [1.82, 2.24) is 14.8 Å².